The largest absolute Gasteiger partial charge is 0.491 e. The molecule has 0 aromatic heterocycles. The Balaban J connectivity index is 1.93. The molecule has 3 heteroatoms. The molecule has 0 atom stereocenters. The van der Waals surface area contributed by atoms with Gasteiger partial charge in [-0.25, -0.2) is 0 Å². The van der Waals surface area contributed by atoms with Crippen LogP contribution in [0.15, 0.2) is 54.6 Å². The fraction of sp³-hybridized carbons (Fsp3) is 0.200. The summed E-state index contributed by atoms with van der Waals surface area (Å²) < 4.78 is 11.0. The molecule has 2 aromatic rings. The maximum atomic E-state index is 8.69. The van der Waals surface area contributed by atoms with Gasteiger partial charge in [-0.15, -0.1) is 0 Å². The summed E-state index contributed by atoms with van der Waals surface area (Å²) in [5.41, 5.74) is 1.12. The lowest BCUT2D eigenvalue weighted by molar-refractivity contribution is 0.200. The minimum Gasteiger partial charge on any atom is -0.491 e. The zero-order chi connectivity index (χ0) is 12.6. The van der Waals surface area contributed by atoms with E-state index in [2.05, 4.69) is 0 Å². The Morgan fingerprint density at radius 2 is 1.56 bits per heavy atom. The molecule has 2 rings (SSSR count). The number of benzene rings is 2. The normalized spacial score (nSPS) is 10.1. The molecule has 0 aliphatic heterocycles. The molecule has 3 nitrogen and oxygen atoms in total. The van der Waals surface area contributed by atoms with Crippen molar-refractivity contribution in [1.29, 1.82) is 0 Å². The van der Waals surface area contributed by atoms with Crippen molar-refractivity contribution in [1.82, 2.24) is 0 Å². The summed E-state index contributed by atoms with van der Waals surface area (Å²) >= 11 is 0. The fourth-order valence-corrected chi connectivity index (χ4v) is 1.56. The van der Waals surface area contributed by atoms with E-state index in [0.717, 1.165) is 11.3 Å². The van der Waals surface area contributed by atoms with Crippen LogP contribution in [-0.2, 0) is 6.61 Å². The van der Waals surface area contributed by atoms with Gasteiger partial charge in [0.15, 0.2) is 0 Å². The molecule has 0 saturated heterocycles. The van der Waals surface area contributed by atoms with Gasteiger partial charge in [0.25, 0.3) is 0 Å². The molecule has 94 valence electrons. The molecule has 1 N–H and O–H groups in total. The van der Waals surface area contributed by atoms with Gasteiger partial charge in [0.2, 0.25) is 0 Å². The Hall–Kier alpha value is -2.00. The Morgan fingerprint density at radius 3 is 2.28 bits per heavy atom. The first-order valence-corrected chi connectivity index (χ1v) is 5.89. The van der Waals surface area contributed by atoms with Crippen molar-refractivity contribution < 1.29 is 14.6 Å². The van der Waals surface area contributed by atoms with Crippen molar-refractivity contribution in [3.63, 3.8) is 0 Å². The second-order valence-corrected chi connectivity index (χ2v) is 3.82. The zero-order valence-electron chi connectivity index (χ0n) is 10.1. The molecular formula is C15H16O3. The maximum absolute atomic E-state index is 8.69. The molecule has 0 spiro atoms. The van der Waals surface area contributed by atoms with Gasteiger partial charge < -0.3 is 14.6 Å². The van der Waals surface area contributed by atoms with Crippen molar-refractivity contribution in [3.8, 4) is 11.5 Å². The summed E-state index contributed by atoms with van der Waals surface area (Å²) in [6.45, 7) is 0.835. The van der Waals surface area contributed by atoms with Crippen molar-refractivity contribution >= 4 is 0 Å². The molecule has 2 aromatic carbocycles. The van der Waals surface area contributed by atoms with Gasteiger partial charge in [0.1, 0.15) is 24.7 Å². The molecule has 0 aliphatic carbocycles. The first-order valence-electron chi connectivity index (χ1n) is 5.89. The van der Waals surface area contributed by atoms with Crippen LogP contribution in [0.3, 0.4) is 0 Å². The van der Waals surface area contributed by atoms with Gasteiger partial charge in [0, 0.05) is 6.07 Å². The second-order valence-electron chi connectivity index (χ2n) is 3.82. The smallest absolute Gasteiger partial charge is 0.123 e. The summed E-state index contributed by atoms with van der Waals surface area (Å²) in [4.78, 5) is 0. The third-order valence-electron chi connectivity index (χ3n) is 2.41. The molecule has 0 radical (unpaired) electrons. The second kappa shape index (κ2) is 6.67. The number of rotatable bonds is 6. The average Bonchev–Trinajstić information content (AvgIpc) is 2.44. The van der Waals surface area contributed by atoms with Gasteiger partial charge in [-0.2, -0.15) is 0 Å². The first kappa shape index (κ1) is 12.5. The Bertz CT molecular complexity index is 468. The van der Waals surface area contributed by atoms with Crippen LogP contribution in [0, 0.1) is 0 Å². The van der Waals surface area contributed by atoms with Crippen LogP contribution >= 0.6 is 0 Å². The molecule has 0 aliphatic rings. The number of hydrogen-bond donors (Lipinski definition) is 1. The van der Waals surface area contributed by atoms with Crippen LogP contribution in [0.5, 0.6) is 11.5 Å². The third-order valence-corrected chi connectivity index (χ3v) is 2.41. The van der Waals surface area contributed by atoms with Gasteiger partial charge in [-0.05, 0) is 17.7 Å². The molecule has 0 saturated carbocycles. The van der Waals surface area contributed by atoms with Crippen molar-refractivity contribution in [2.24, 2.45) is 0 Å². The zero-order valence-corrected chi connectivity index (χ0v) is 10.1. The van der Waals surface area contributed by atoms with E-state index < -0.39 is 0 Å². The topological polar surface area (TPSA) is 38.7 Å². The monoisotopic (exact) mass is 244 g/mol. The van der Waals surface area contributed by atoms with Crippen LogP contribution in [0.4, 0.5) is 0 Å². The summed E-state index contributed by atoms with van der Waals surface area (Å²) in [5, 5.41) is 8.69. The fourth-order valence-electron chi connectivity index (χ4n) is 1.56. The summed E-state index contributed by atoms with van der Waals surface area (Å²) in [6.07, 6.45) is 0. The van der Waals surface area contributed by atoms with E-state index in [1.807, 2.05) is 54.6 Å². The van der Waals surface area contributed by atoms with Crippen LogP contribution in [0.25, 0.3) is 0 Å². The Kier molecular flexibility index (Phi) is 4.61. The maximum Gasteiger partial charge on any atom is 0.123 e. The lowest BCUT2D eigenvalue weighted by Gasteiger charge is -2.08. The summed E-state index contributed by atoms with van der Waals surface area (Å²) in [6, 6.07) is 17.4. The average molecular weight is 244 g/mol. The number of aliphatic hydroxyl groups is 1. The molecule has 0 bridgehead atoms. The predicted molar refractivity (Wildman–Crippen MR) is 69.8 cm³/mol. The van der Waals surface area contributed by atoms with Gasteiger partial charge in [-0.1, -0.05) is 36.4 Å². The Morgan fingerprint density at radius 1 is 0.833 bits per heavy atom. The van der Waals surface area contributed by atoms with Gasteiger partial charge >= 0.3 is 0 Å². The molecule has 0 amide bonds. The summed E-state index contributed by atoms with van der Waals surface area (Å²) in [5.74, 6) is 1.46. The minimum absolute atomic E-state index is 0.00903. The molecule has 0 fully saturated rings. The quantitative estimate of drug-likeness (QED) is 0.849. The highest BCUT2D eigenvalue weighted by Gasteiger charge is 1.98. The van der Waals surface area contributed by atoms with Crippen molar-refractivity contribution in [2.45, 2.75) is 6.61 Å². The lowest BCUT2D eigenvalue weighted by atomic mass is 10.2. The van der Waals surface area contributed by atoms with E-state index >= 15 is 0 Å². The molecule has 18 heavy (non-hydrogen) atoms. The molecular weight excluding hydrogens is 228 g/mol. The number of aliphatic hydroxyl groups excluding tert-OH is 1. The van der Waals surface area contributed by atoms with Gasteiger partial charge in [0.05, 0.1) is 6.61 Å². The molecule has 0 heterocycles. The highest BCUT2D eigenvalue weighted by atomic mass is 16.5. The van der Waals surface area contributed by atoms with E-state index in [1.165, 1.54) is 0 Å². The minimum atomic E-state index is 0.00903. The summed E-state index contributed by atoms with van der Waals surface area (Å²) in [7, 11) is 0. The highest BCUT2D eigenvalue weighted by Crippen LogP contribution is 2.20. The highest BCUT2D eigenvalue weighted by molar-refractivity contribution is 5.33. The SMILES string of the molecule is OCCOc1cccc(OCc2ccccc2)c1. The van der Waals surface area contributed by atoms with E-state index in [9.17, 15) is 0 Å². The van der Waals surface area contributed by atoms with E-state index in [0.29, 0.717) is 19.0 Å². The number of ether oxygens (including phenoxy) is 2. The van der Waals surface area contributed by atoms with Gasteiger partial charge in [-0.3, -0.25) is 0 Å². The van der Waals surface area contributed by atoms with Crippen LogP contribution < -0.4 is 9.47 Å². The molecule has 0 unspecified atom stereocenters. The third kappa shape index (κ3) is 3.79. The van der Waals surface area contributed by atoms with E-state index in [1.54, 1.807) is 0 Å². The van der Waals surface area contributed by atoms with Crippen LogP contribution in [0.1, 0.15) is 5.56 Å². The number of hydrogen-bond acceptors (Lipinski definition) is 3. The Labute approximate surface area is 107 Å². The lowest BCUT2D eigenvalue weighted by Crippen LogP contribution is -2.02. The van der Waals surface area contributed by atoms with E-state index in [4.69, 9.17) is 14.6 Å². The predicted octanol–water partition coefficient (Wildman–Crippen LogP) is 2.64. The van der Waals surface area contributed by atoms with Crippen LogP contribution in [-0.4, -0.2) is 18.3 Å². The van der Waals surface area contributed by atoms with Crippen molar-refractivity contribution in [3.05, 3.63) is 60.2 Å². The van der Waals surface area contributed by atoms with E-state index in [-0.39, 0.29) is 6.61 Å². The van der Waals surface area contributed by atoms with Crippen LogP contribution in [0.2, 0.25) is 0 Å². The first-order chi connectivity index (χ1) is 8.88. The standard InChI is InChI=1S/C15H16O3/c16-9-10-17-14-7-4-8-15(11-14)18-12-13-5-2-1-3-6-13/h1-8,11,16H,9-10,12H2. The van der Waals surface area contributed by atoms with Crippen molar-refractivity contribution in [2.75, 3.05) is 13.2 Å².